The Labute approximate surface area is 158 Å². The van der Waals surface area contributed by atoms with Crippen molar-refractivity contribution in [3.05, 3.63) is 59.5 Å². The molecule has 0 aliphatic rings. The van der Waals surface area contributed by atoms with E-state index in [1.165, 1.54) is 13.0 Å². The molecule has 2 aromatic heterocycles. The zero-order chi connectivity index (χ0) is 20.5. The fraction of sp³-hybridized carbons (Fsp3) is 0.211. The summed E-state index contributed by atoms with van der Waals surface area (Å²) in [6.07, 6.45) is -3.30. The molecule has 3 rings (SSSR count). The highest BCUT2D eigenvalue weighted by molar-refractivity contribution is 6.05. The van der Waals surface area contributed by atoms with Crippen LogP contribution in [0.2, 0.25) is 0 Å². The predicted octanol–water partition coefficient (Wildman–Crippen LogP) is 4.13. The van der Waals surface area contributed by atoms with Crippen LogP contribution in [0.4, 0.5) is 24.5 Å². The third-order valence-corrected chi connectivity index (χ3v) is 4.01. The summed E-state index contributed by atoms with van der Waals surface area (Å²) in [5, 5.41) is 5.25. The van der Waals surface area contributed by atoms with E-state index in [0.29, 0.717) is 23.5 Å². The maximum absolute atomic E-state index is 13.1. The largest absolute Gasteiger partial charge is 0.417 e. The number of pyridine rings is 1. The van der Waals surface area contributed by atoms with Gasteiger partial charge >= 0.3 is 6.18 Å². The Balaban J connectivity index is 2.00. The van der Waals surface area contributed by atoms with Gasteiger partial charge in [-0.25, -0.2) is 4.98 Å². The molecule has 0 unspecified atom stereocenters. The maximum Gasteiger partial charge on any atom is 0.417 e. The number of benzene rings is 1. The van der Waals surface area contributed by atoms with Crippen molar-refractivity contribution in [3.63, 3.8) is 0 Å². The van der Waals surface area contributed by atoms with Crippen LogP contribution in [0.5, 0.6) is 0 Å². The van der Waals surface area contributed by atoms with Crippen LogP contribution in [0, 0.1) is 0 Å². The summed E-state index contributed by atoms with van der Waals surface area (Å²) in [6.45, 7) is 3.12. The summed E-state index contributed by atoms with van der Waals surface area (Å²) < 4.78 is 40.3. The lowest BCUT2D eigenvalue weighted by molar-refractivity contribution is -0.137. The van der Waals surface area contributed by atoms with E-state index in [1.807, 2.05) is 0 Å². The van der Waals surface area contributed by atoms with E-state index in [4.69, 9.17) is 0 Å². The molecule has 0 fully saturated rings. The number of fused-ring (bicyclic) bond motifs is 1. The summed E-state index contributed by atoms with van der Waals surface area (Å²) in [7, 11) is 0. The van der Waals surface area contributed by atoms with Crippen LogP contribution in [0.1, 0.15) is 35.6 Å². The zero-order valence-corrected chi connectivity index (χ0v) is 15.1. The third kappa shape index (κ3) is 3.98. The van der Waals surface area contributed by atoms with Crippen molar-refractivity contribution < 1.29 is 22.8 Å². The van der Waals surface area contributed by atoms with E-state index in [-0.39, 0.29) is 17.2 Å². The number of carbonyl (C=O) groups is 2. The highest BCUT2D eigenvalue weighted by Gasteiger charge is 2.31. The van der Waals surface area contributed by atoms with E-state index < -0.39 is 17.6 Å². The van der Waals surface area contributed by atoms with E-state index >= 15 is 0 Å². The number of rotatable bonds is 4. The van der Waals surface area contributed by atoms with Crippen molar-refractivity contribution >= 4 is 28.8 Å². The monoisotopic (exact) mass is 390 g/mol. The predicted molar refractivity (Wildman–Crippen MR) is 98.3 cm³/mol. The molecule has 2 amide bonds. The van der Waals surface area contributed by atoms with E-state index in [1.54, 1.807) is 31.2 Å². The smallest absolute Gasteiger partial charge is 0.326 e. The molecule has 1 aromatic carbocycles. The first-order valence-corrected chi connectivity index (χ1v) is 8.46. The van der Waals surface area contributed by atoms with Crippen molar-refractivity contribution in [3.8, 4) is 0 Å². The van der Waals surface area contributed by atoms with Gasteiger partial charge in [-0.15, -0.1) is 0 Å². The van der Waals surface area contributed by atoms with Crippen LogP contribution in [0.25, 0.3) is 5.65 Å². The molecule has 146 valence electrons. The van der Waals surface area contributed by atoms with Crippen molar-refractivity contribution in [2.24, 2.45) is 0 Å². The van der Waals surface area contributed by atoms with E-state index in [0.717, 1.165) is 16.7 Å². The fourth-order valence-electron chi connectivity index (χ4n) is 2.82. The van der Waals surface area contributed by atoms with Gasteiger partial charge in [-0.3, -0.25) is 14.0 Å². The van der Waals surface area contributed by atoms with Crippen molar-refractivity contribution in [2.45, 2.75) is 26.4 Å². The number of carbonyl (C=O) groups excluding carboxylic acids is 2. The fourth-order valence-corrected chi connectivity index (χ4v) is 2.82. The SMILES string of the molecule is CCc1nc2ccc(C(F)(F)F)cn2c1C(=O)Nc1cccc(NC(C)=O)c1. The van der Waals surface area contributed by atoms with Crippen LogP contribution in [0.3, 0.4) is 0 Å². The molecule has 0 aliphatic carbocycles. The average Bonchev–Trinajstić information content (AvgIpc) is 2.98. The minimum atomic E-state index is -4.54. The normalized spacial score (nSPS) is 11.5. The number of alkyl halides is 3. The summed E-state index contributed by atoms with van der Waals surface area (Å²) in [5.74, 6) is -0.859. The lowest BCUT2D eigenvalue weighted by atomic mass is 10.2. The first-order valence-electron chi connectivity index (χ1n) is 8.46. The van der Waals surface area contributed by atoms with Crippen molar-refractivity contribution in [1.29, 1.82) is 0 Å². The van der Waals surface area contributed by atoms with E-state index in [2.05, 4.69) is 15.6 Å². The summed E-state index contributed by atoms with van der Waals surface area (Å²) in [4.78, 5) is 28.2. The Morgan fingerprint density at radius 3 is 2.39 bits per heavy atom. The van der Waals surface area contributed by atoms with Crippen LogP contribution in [0.15, 0.2) is 42.6 Å². The Hall–Kier alpha value is -3.36. The van der Waals surface area contributed by atoms with Gasteiger partial charge in [-0.05, 0) is 36.8 Å². The number of nitrogens with one attached hydrogen (secondary N) is 2. The number of aromatic nitrogens is 2. The standard InChI is InChI=1S/C19H17F3N4O2/c1-3-15-17(26-10-12(19(20,21)22)7-8-16(26)25-15)18(28)24-14-6-4-5-13(9-14)23-11(2)27/h4-10H,3H2,1-2H3,(H,23,27)(H,24,28). The van der Waals surface area contributed by atoms with Crippen LogP contribution >= 0.6 is 0 Å². The molecule has 6 nitrogen and oxygen atoms in total. The second kappa shape index (κ2) is 7.34. The van der Waals surface area contributed by atoms with Gasteiger partial charge in [0.2, 0.25) is 5.91 Å². The number of hydrogen-bond acceptors (Lipinski definition) is 3. The average molecular weight is 390 g/mol. The Kier molecular flexibility index (Phi) is 5.08. The second-order valence-electron chi connectivity index (χ2n) is 6.12. The number of halogens is 3. The molecule has 0 atom stereocenters. The van der Waals surface area contributed by atoms with Crippen LogP contribution in [-0.2, 0) is 17.4 Å². The number of anilines is 2. The van der Waals surface area contributed by atoms with E-state index in [9.17, 15) is 22.8 Å². The van der Waals surface area contributed by atoms with Crippen LogP contribution in [-0.4, -0.2) is 21.2 Å². The first-order chi connectivity index (χ1) is 13.2. The number of imidazole rings is 1. The highest BCUT2D eigenvalue weighted by Crippen LogP contribution is 2.30. The molecule has 0 saturated carbocycles. The topological polar surface area (TPSA) is 75.5 Å². The van der Waals surface area contributed by atoms with Crippen LogP contribution < -0.4 is 10.6 Å². The Morgan fingerprint density at radius 2 is 1.79 bits per heavy atom. The minimum Gasteiger partial charge on any atom is -0.326 e. The Morgan fingerprint density at radius 1 is 1.11 bits per heavy atom. The molecule has 0 saturated heterocycles. The molecule has 0 bridgehead atoms. The van der Waals surface area contributed by atoms with Gasteiger partial charge in [0.1, 0.15) is 11.3 Å². The molecular weight excluding hydrogens is 373 g/mol. The quantitative estimate of drug-likeness (QED) is 0.704. The molecule has 2 N–H and O–H groups in total. The van der Waals surface area contributed by atoms with Gasteiger partial charge in [0.25, 0.3) is 5.91 Å². The van der Waals surface area contributed by atoms with Crippen molar-refractivity contribution in [2.75, 3.05) is 10.6 Å². The van der Waals surface area contributed by atoms with Gasteiger partial charge in [0.05, 0.1) is 11.3 Å². The molecule has 0 radical (unpaired) electrons. The number of aryl methyl sites for hydroxylation is 1. The van der Waals surface area contributed by atoms with Gasteiger partial charge in [0, 0.05) is 24.5 Å². The molecule has 28 heavy (non-hydrogen) atoms. The van der Waals surface area contributed by atoms with Gasteiger partial charge in [-0.1, -0.05) is 13.0 Å². The van der Waals surface area contributed by atoms with Gasteiger partial charge < -0.3 is 10.6 Å². The first kappa shape index (κ1) is 19.4. The molecule has 2 heterocycles. The lowest BCUT2D eigenvalue weighted by Gasteiger charge is -2.10. The minimum absolute atomic E-state index is 0.0357. The zero-order valence-electron chi connectivity index (χ0n) is 15.1. The summed E-state index contributed by atoms with van der Waals surface area (Å²) >= 11 is 0. The number of amides is 2. The molecular formula is C19H17F3N4O2. The Bertz CT molecular complexity index is 1060. The molecule has 9 heteroatoms. The molecule has 0 aliphatic heterocycles. The molecule has 3 aromatic rings. The highest BCUT2D eigenvalue weighted by atomic mass is 19.4. The van der Waals surface area contributed by atoms with Gasteiger partial charge in [0.15, 0.2) is 0 Å². The number of nitrogens with zero attached hydrogens (tertiary/aromatic N) is 2. The molecule has 0 spiro atoms. The lowest BCUT2D eigenvalue weighted by Crippen LogP contribution is -2.17. The summed E-state index contributed by atoms with van der Waals surface area (Å²) in [6, 6.07) is 8.61. The second-order valence-corrected chi connectivity index (χ2v) is 6.12. The van der Waals surface area contributed by atoms with Gasteiger partial charge in [-0.2, -0.15) is 13.2 Å². The third-order valence-electron chi connectivity index (χ3n) is 4.01. The maximum atomic E-state index is 13.1. The summed E-state index contributed by atoms with van der Waals surface area (Å²) in [5.41, 5.74) is 0.672. The van der Waals surface area contributed by atoms with Crippen molar-refractivity contribution in [1.82, 2.24) is 9.38 Å². The number of hydrogen-bond donors (Lipinski definition) is 2.